The van der Waals surface area contributed by atoms with E-state index in [0.29, 0.717) is 23.7 Å². The fourth-order valence-electron chi connectivity index (χ4n) is 4.82. The van der Waals surface area contributed by atoms with E-state index in [9.17, 15) is 13.2 Å². The van der Waals surface area contributed by atoms with Gasteiger partial charge >= 0.3 is 0 Å². The molecule has 7 nitrogen and oxygen atoms in total. The maximum Gasteiger partial charge on any atom is 0.274 e. The van der Waals surface area contributed by atoms with Crippen molar-refractivity contribution in [1.29, 1.82) is 0 Å². The fourth-order valence-corrected chi connectivity index (χ4v) is 6.64. The number of sulfone groups is 1. The van der Waals surface area contributed by atoms with Crippen LogP contribution in [0.25, 0.3) is 11.3 Å². The third-order valence-electron chi connectivity index (χ3n) is 6.48. The average Bonchev–Trinajstić information content (AvgIpc) is 3.43. The van der Waals surface area contributed by atoms with Gasteiger partial charge in [0.05, 0.1) is 29.3 Å². The summed E-state index contributed by atoms with van der Waals surface area (Å²) in [5.41, 5.74) is 2.93. The summed E-state index contributed by atoms with van der Waals surface area (Å²) in [5, 5.41) is 5.28. The summed E-state index contributed by atoms with van der Waals surface area (Å²) in [6.45, 7) is 0.652. The van der Waals surface area contributed by atoms with Crippen LogP contribution in [0.15, 0.2) is 54.9 Å². The molecule has 33 heavy (non-hydrogen) atoms. The second-order valence-electron chi connectivity index (χ2n) is 8.72. The highest BCUT2D eigenvalue weighted by Gasteiger charge is 2.34. The Hall–Kier alpha value is -2.71. The Morgan fingerprint density at radius 1 is 1.09 bits per heavy atom. The minimum absolute atomic E-state index is 0.0327. The predicted octanol–water partition coefficient (Wildman–Crippen LogP) is 4.33. The van der Waals surface area contributed by atoms with Gasteiger partial charge < -0.3 is 4.90 Å². The van der Waals surface area contributed by atoms with Crippen molar-refractivity contribution in [2.24, 2.45) is 0 Å². The summed E-state index contributed by atoms with van der Waals surface area (Å²) < 4.78 is 26.0. The summed E-state index contributed by atoms with van der Waals surface area (Å²) in [6, 6.07) is 12.6. The molecule has 3 aromatic rings. The van der Waals surface area contributed by atoms with E-state index in [2.05, 4.69) is 10.1 Å². The molecule has 0 N–H and O–H groups in total. The highest BCUT2D eigenvalue weighted by Crippen LogP contribution is 2.34. The van der Waals surface area contributed by atoms with Gasteiger partial charge in [0.15, 0.2) is 15.5 Å². The number of aromatic nitrogens is 3. The van der Waals surface area contributed by atoms with Gasteiger partial charge in [-0.2, -0.15) is 5.10 Å². The van der Waals surface area contributed by atoms with Crippen molar-refractivity contribution in [2.45, 2.75) is 37.8 Å². The first-order valence-electron chi connectivity index (χ1n) is 11.2. The third kappa shape index (κ3) is 4.54. The lowest BCUT2D eigenvalue weighted by atomic mass is 9.96. The van der Waals surface area contributed by atoms with Crippen LogP contribution in [0.3, 0.4) is 0 Å². The van der Waals surface area contributed by atoms with Gasteiger partial charge in [0, 0.05) is 24.0 Å². The maximum absolute atomic E-state index is 13.7. The van der Waals surface area contributed by atoms with Gasteiger partial charge in [-0.05, 0) is 61.1 Å². The van der Waals surface area contributed by atoms with Crippen LogP contribution >= 0.6 is 11.6 Å². The zero-order chi connectivity index (χ0) is 23.0. The van der Waals surface area contributed by atoms with Crippen LogP contribution in [-0.2, 0) is 9.84 Å². The first-order valence-corrected chi connectivity index (χ1v) is 13.4. The maximum atomic E-state index is 13.7. The molecule has 9 heteroatoms. The lowest BCUT2D eigenvalue weighted by Crippen LogP contribution is -2.38. The Morgan fingerprint density at radius 2 is 1.91 bits per heavy atom. The zero-order valence-electron chi connectivity index (χ0n) is 18.1. The molecule has 172 valence electrons. The summed E-state index contributed by atoms with van der Waals surface area (Å²) >= 11 is 6.07. The number of halogens is 1. The molecule has 0 aliphatic carbocycles. The van der Waals surface area contributed by atoms with Gasteiger partial charge in [0.2, 0.25) is 0 Å². The second-order valence-corrected chi connectivity index (χ2v) is 11.4. The van der Waals surface area contributed by atoms with Crippen LogP contribution in [0.2, 0.25) is 5.02 Å². The van der Waals surface area contributed by atoms with Gasteiger partial charge in [0.1, 0.15) is 0 Å². The minimum atomic E-state index is -3.11. The molecule has 2 saturated heterocycles. The first kappa shape index (κ1) is 22.1. The topological polar surface area (TPSA) is 85.2 Å². The SMILES string of the molecule is O=C(c1cc(-c2ccc(Cl)cc2)n([C@@H]2CCS(=O)(=O)C2)n1)N1CCCC[C@@H]1c1cccnc1. The van der Waals surface area contributed by atoms with Crippen molar-refractivity contribution in [3.63, 3.8) is 0 Å². The van der Waals surface area contributed by atoms with Crippen molar-refractivity contribution in [3.05, 3.63) is 71.1 Å². The van der Waals surface area contributed by atoms with E-state index in [4.69, 9.17) is 11.6 Å². The quantitative estimate of drug-likeness (QED) is 0.550. The lowest BCUT2D eigenvalue weighted by Gasteiger charge is -2.35. The van der Waals surface area contributed by atoms with Crippen LogP contribution in [0.5, 0.6) is 0 Å². The molecule has 4 heterocycles. The Labute approximate surface area is 198 Å². The smallest absolute Gasteiger partial charge is 0.274 e. The van der Waals surface area contributed by atoms with E-state index in [1.807, 2.05) is 35.4 Å². The number of nitrogens with zero attached hydrogens (tertiary/aromatic N) is 4. The van der Waals surface area contributed by atoms with E-state index in [-0.39, 0.29) is 29.5 Å². The van der Waals surface area contributed by atoms with Crippen LogP contribution in [-0.4, -0.2) is 52.0 Å². The van der Waals surface area contributed by atoms with Crippen molar-refractivity contribution >= 4 is 27.3 Å². The number of rotatable bonds is 4. The highest BCUT2D eigenvalue weighted by atomic mass is 35.5. The van der Waals surface area contributed by atoms with Crippen LogP contribution in [0, 0.1) is 0 Å². The fraction of sp³-hybridized carbons (Fsp3) is 0.375. The van der Waals surface area contributed by atoms with Gasteiger partial charge in [-0.15, -0.1) is 0 Å². The zero-order valence-corrected chi connectivity index (χ0v) is 19.7. The van der Waals surface area contributed by atoms with Crippen molar-refractivity contribution in [3.8, 4) is 11.3 Å². The number of amides is 1. The van der Waals surface area contributed by atoms with Gasteiger partial charge in [-0.25, -0.2) is 8.42 Å². The van der Waals surface area contributed by atoms with Gasteiger partial charge in [0.25, 0.3) is 5.91 Å². The molecule has 5 rings (SSSR count). The predicted molar refractivity (Wildman–Crippen MR) is 127 cm³/mol. The molecule has 1 aromatic carbocycles. The Kier molecular flexibility index (Phi) is 5.97. The normalized spacial score (nSPS) is 22.4. The van der Waals surface area contributed by atoms with Crippen molar-refractivity contribution in [2.75, 3.05) is 18.1 Å². The Bertz CT molecular complexity index is 1260. The molecular weight excluding hydrogens is 460 g/mol. The highest BCUT2D eigenvalue weighted by molar-refractivity contribution is 7.91. The molecule has 0 saturated carbocycles. The van der Waals surface area contributed by atoms with Crippen LogP contribution in [0.4, 0.5) is 0 Å². The number of piperidine rings is 1. The number of carbonyl (C=O) groups excluding carboxylic acids is 1. The monoisotopic (exact) mass is 484 g/mol. The van der Waals surface area contributed by atoms with E-state index in [0.717, 1.165) is 36.1 Å². The summed E-state index contributed by atoms with van der Waals surface area (Å²) in [4.78, 5) is 19.8. The van der Waals surface area contributed by atoms with E-state index in [1.165, 1.54) is 0 Å². The Balaban J connectivity index is 1.53. The van der Waals surface area contributed by atoms with Crippen molar-refractivity contribution in [1.82, 2.24) is 19.7 Å². The average molecular weight is 485 g/mol. The number of likely N-dealkylation sites (tertiary alicyclic amines) is 1. The Morgan fingerprint density at radius 3 is 2.61 bits per heavy atom. The first-order chi connectivity index (χ1) is 15.9. The van der Waals surface area contributed by atoms with Gasteiger partial charge in [-0.1, -0.05) is 29.8 Å². The lowest BCUT2D eigenvalue weighted by molar-refractivity contribution is 0.0604. The standard InChI is InChI=1S/C24H25ClN4O3S/c25-19-8-6-17(7-9-19)23-14-21(27-29(23)20-10-13-33(31,32)16-20)24(30)28-12-2-1-5-22(28)18-4-3-11-26-15-18/h3-4,6-9,11,14-15,20,22H,1-2,5,10,12-13,16H2/t20-,22-/m1/s1. The minimum Gasteiger partial charge on any atom is -0.330 e. The summed E-state index contributed by atoms with van der Waals surface area (Å²) in [5.74, 6) is 0.0273. The van der Waals surface area contributed by atoms with E-state index in [1.54, 1.807) is 29.1 Å². The van der Waals surface area contributed by atoms with E-state index < -0.39 is 9.84 Å². The third-order valence-corrected chi connectivity index (χ3v) is 8.48. The van der Waals surface area contributed by atoms with Gasteiger partial charge in [-0.3, -0.25) is 14.5 Å². The summed E-state index contributed by atoms with van der Waals surface area (Å²) in [6.07, 6.45) is 6.90. The molecular formula is C24H25ClN4O3S. The van der Waals surface area contributed by atoms with E-state index >= 15 is 0 Å². The molecule has 0 unspecified atom stereocenters. The molecule has 1 amide bonds. The molecule has 2 fully saturated rings. The van der Waals surface area contributed by atoms with Crippen molar-refractivity contribution < 1.29 is 13.2 Å². The number of carbonyl (C=O) groups is 1. The number of benzene rings is 1. The van der Waals surface area contributed by atoms with Crippen LogP contribution < -0.4 is 0 Å². The number of hydrogen-bond donors (Lipinski definition) is 0. The number of hydrogen-bond acceptors (Lipinski definition) is 5. The largest absolute Gasteiger partial charge is 0.330 e. The molecule has 0 bridgehead atoms. The number of pyridine rings is 1. The molecule has 2 aliphatic heterocycles. The second kappa shape index (κ2) is 8.91. The molecule has 2 aliphatic rings. The summed E-state index contributed by atoms with van der Waals surface area (Å²) in [7, 11) is -3.11. The van der Waals surface area contributed by atoms with Crippen LogP contribution in [0.1, 0.15) is 53.8 Å². The molecule has 0 radical (unpaired) electrons. The molecule has 0 spiro atoms. The molecule has 2 atom stereocenters. The molecule has 2 aromatic heterocycles.